The van der Waals surface area contributed by atoms with Crippen molar-refractivity contribution < 1.29 is 43.0 Å². The van der Waals surface area contributed by atoms with Gasteiger partial charge in [-0.1, -0.05) is 70.5 Å². The predicted molar refractivity (Wildman–Crippen MR) is 190 cm³/mol. The van der Waals surface area contributed by atoms with Crippen molar-refractivity contribution in [1.82, 2.24) is 25.8 Å². The number of hydrogen-bond donors (Lipinski definition) is 3. The first-order valence-electron chi connectivity index (χ1n) is 17.5. The number of nitrogens with zero attached hydrogens (tertiary/aromatic N) is 2. The fraction of sp³-hybridized carbons (Fsp3) is 0.595. The maximum absolute atomic E-state index is 14.0. The van der Waals surface area contributed by atoms with Gasteiger partial charge in [0, 0.05) is 32.5 Å². The van der Waals surface area contributed by atoms with Gasteiger partial charge in [-0.25, -0.2) is 9.59 Å². The fourth-order valence-electron chi connectivity index (χ4n) is 5.39. The molecule has 1 aromatic carbocycles. The van der Waals surface area contributed by atoms with Crippen molar-refractivity contribution in [2.75, 3.05) is 27.2 Å². The zero-order valence-corrected chi connectivity index (χ0v) is 31.3. The summed E-state index contributed by atoms with van der Waals surface area (Å²) in [6.45, 7) is 11.3. The van der Waals surface area contributed by atoms with Crippen LogP contribution in [0.3, 0.4) is 0 Å². The molecule has 3 N–H and O–H groups in total. The Morgan fingerprint density at radius 1 is 0.863 bits per heavy atom. The van der Waals surface area contributed by atoms with Crippen LogP contribution in [0.2, 0.25) is 0 Å². The van der Waals surface area contributed by atoms with E-state index < -0.39 is 78.3 Å². The highest BCUT2D eigenvalue weighted by atomic mass is 16.5. The number of carbonyl (C=O) groups is 7. The van der Waals surface area contributed by atoms with Gasteiger partial charge in [0.05, 0.1) is 13.2 Å². The summed E-state index contributed by atoms with van der Waals surface area (Å²) < 4.78 is 10.9. The molecule has 51 heavy (non-hydrogen) atoms. The van der Waals surface area contributed by atoms with Crippen LogP contribution in [-0.4, -0.2) is 109 Å². The molecule has 0 radical (unpaired) electrons. The molecule has 1 unspecified atom stereocenters. The predicted octanol–water partition coefficient (Wildman–Crippen LogP) is 1.91. The second kappa shape index (κ2) is 20.2. The van der Waals surface area contributed by atoms with Crippen LogP contribution < -0.4 is 16.0 Å². The van der Waals surface area contributed by atoms with Gasteiger partial charge in [0.2, 0.25) is 23.6 Å². The fourth-order valence-corrected chi connectivity index (χ4v) is 5.39. The largest absolute Gasteiger partial charge is 0.464 e. The van der Waals surface area contributed by atoms with Crippen LogP contribution in [-0.2, 0) is 49.5 Å². The molecule has 2 rings (SSSR count). The highest BCUT2D eigenvalue weighted by Gasteiger charge is 2.35. The molecular formula is C37H55N5O9. The lowest BCUT2D eigenvalue weighted by atomic mass is 9.98. The van der Waals surface area contributed by atoms with Crippen LogP contribution in [0.5, 0.6) is 0 Å². The summed E-state index contributed by atoms with van der Waals surface area (Å²) in [5.74, 6) is -4.83. The molecule has 0 fully saturated rings. The van der Waals surface area contributed by atoms with Crippen LogP contribution in [0.4, 0.5) is 0 Å². The second-order valence-corrected chi connectivity index (χ2v) is 13.6. The van der Waals surface area contributed by atoms with Crippen molar-refractivity contribution >= 4 is 41.5 Å². The number of amides is 5. The lowest BCUT2D eigenvalue weighted by Crippen LogP contribution is -2.57. The number of likely N-dealkylation sites (N-methyl/N-ethyl adjacent to an activating group) is 2. The Hall–Kier alpha value is -4.75. The number of carbonyl (C=O) groups excluding carboxylic acids is 7. The molecule has 1 heterocycles. The summed E-state index contributed by atoms with van der Waals surface area (Å²) in [5.41, 5.74) is 0.942. The van der Waals surface area contributed by atoms with E-state index in [0.717, 1.165) is 5.56 Å². The Kier molecular flexibility index (Phi) is 16.8. The van der Waals surface area contributed by atoms with Gasteiger partial charge in [0.1, 0.15) is 24.2 Å². The average molecular weight is 714 g/mol. The van der Waals surface area contributed by atoms with Crippen LogP contribution in [0.15, 0.2) is 42.0 Å². The number of nitrogens with one attached hydrogen (secondary N) is 3. The number of esters is 2. The monoisotopic (exact) mass is 713 g/mol. The standard InChI is InChI=1S/C37H55N5O9/c1-10-23(4)31-33(45)39-26(7)37(49)50-18-14-15-24(5)36(48)51-29(19-22(2)3)32(44)38-25(6)34(46)42(9)28(20-27-16-12-11-13-17-27)35(47)41(8)21-30(43)40-31/h11-13,15-17,22-23,25-26,28-29,31H,10,14,18-21H2,1-9H3,(H,38,44)(H,39,45)(H,40,43)/b24-15+/t23?,25-,26+,28+,29+,31-/m0/s1. The topological polar surface area (TPSA) is 181 Å². The molecule has 0 aliphatic carbocycles. The summed E-state index contributed by atoms with van der Waals surface area (Å²) in [6.07, 6.45) is 1.29. The van der Waals surface area contributed by atoms with Gasteiger partial charge in [0.25, 0.3) is 5.91 Å². The van der Waals surface area contributed by atoms with Gasteiger partial charge in [-0.2, -0.15) is 0 Å². The third-order valence-corrected chi connectivity index (χ3v) is 8.74. The minimum absolute atomic E-state index is 0.0404. The van der Waals surface area contributed by atoms with Gasteiger partial charge < -0.3 is 35.2 Å². The number of hydrogen-bond acceptors (Lipinski definition) is 9. The molecule has 6 atom stereocenters. The Morgan fingerprint density at radius 2 is 1.49 bits per heavy atom. The molecule has 0 saturated carbocycles. The summed E-state index contributed by atoms with van der Waals surface area (Å²) in [7, 11) is 2.87. The SMILES string of the molecule is CCC(C)[C@@H]1NC(=O)CN(C)C(=O)[C@@H](Cc2ccccc2)N(C)C(=O)[C@H](C)NC(=O)[C@@H](CC(C)C)OC(=O)/C(C)=C/CCOC(=O)[C@@H](C)NC1=O. The van der Waals surface area contributed by atoms with Gasteiger partial charge in [-0.05, 0) is 44.6 Å². The highest BCUT2D eigenvalue weighted by molar-refractivity contribution is 5.96. The average Bonchev–Trinajstić information content (AvgIpc) is 3.09. The highest BCUT2D eigenvalue weighted by Crippen LogP contribution is 2.15. The molecule has 14 nitrogen and oxygen atoms in total. The zero-order chi connectivity index (χ0) is 38.4. The van der Waals surface area contributed by atoms with E-state index >= 15 is 0 Å². The molecule has 5 amide bonds. The molecule has 0 bridgehead atoms. The summed E-state index contributed by atoms with van der Waals surface area (Å²) in [5, 5.41) is 7.94. The first kappa shape index (κ1) is 42.4. The van der Waals surface area contributed by atoms with E-state index in [1.165, 1.54) is 50.7 Å². The summed E-state index contributed by atoms with van der Waals surface area (Å²) in [4.78, 5) is 95.7. The lowest BCUT2D eigenvalue weighted by Gasteiger charge is -2.33. The first-order chi connectivity index (χ1) is 24.0. The maximum atomic E-state index is 14.0. The van der Waals surface area contributed by atoms with Crippen molar-refractivity contribution in [2.45, 2.75) is 104 Å². The van der Waals surface area contributed by atoms with Crippen LogP contribution in [0.25, 0.3) is 0 Å². The normalized spacial score (nSPS) is 26.2. The number of cyclic esters (lactones) is 2. The van der Waals surface area contributed by atoms with Crippen LogP contribution in [0, 0.1) is 11.8 Å². The molecule has 0 spiro atoms. The maximum Gasteiger partial charge on any atom is 0.334 e. The molecule has 282 valence electrons. The molecule has 14 heteroatoms. The molecule has 0 aromatic heterocycles. The quantitative estimate of drug-likeness (QED) is 0.371. The van der Waals surface area contributed by atoms with Gasteiger partial charge in [-0.15, -0.1) is 0 Å². The number of benzene rings is 1. The Balaban J connectivity index is 2.50. The van der Waals surface area contributed by atoms with E-state index in [-0.39, 0.29) is 43.3 Å². The van der Waals surface area contributed by atoms with Crippen molar-refractivity contribution in [1.29, 1.82) is 0 Å². The Morgan fingerprint density at radius 3 is 2.10 bits per heavy atom. The third-order valence-electron chi connectivity index (χ3n) is 8.74. The van der Waals surface area contributed by atoms with E-state index in [1.54, 1.807) is 19.1 Å². The Labute approximate surface area is 301 Å². The molecule has 0 saturated heterocycles. The molecule has 1 aromatic rings. The smallest absolute Gasteiger partial charge is 0.334 e. The van der Waals surface area contributed by atoms with E-state index in [1.807, 2.05) is 39.0 Å². The van der Waals surface area contributed by atoms with E-state index in [4.69, 9.17) is 9.47 Å². The minimum Gasteiger partial charge on any atom is -0.464 e. The summed E-state index contributed by atoms with van der Waals surface area (Å²) >= 11 is 0. The van der Waals surface area contributed by atoms with E-state index in [0.29, 0.717) is 6.42 Å². The van der Waals surface area contributed by atoms with Gasteiger partial charge in [-0.3, -0.25) is 24.0 Å². The number of ether oxygens (including phenoxy) is 2. The van der Waals surface area contributed by atoms with Crippen molar-refractivity contribution in [3.8, 4) is 0 Å². The third kappa shape index (κ3) is 13.1. The molecular weight excluding hydrogens is 658 g/mol. The van der Waals surface area contributed by atoms with E-state index in [2.05, 4.69) is 16.0 Å². The Bertz CT molecular complexity index is 1430. The second-order valence-electron chi connectivity index (χ2n) is 13.6. The molecule has 1 aliphatic rings. The van der Waals surface area contributed by atoms with Crippen LogP contribution in [0.1, 0.15) is 73.3 Å². The van der Waals surface area contributed by atoms with Gasteiger partial charge >= 0.3 is 11.9 Å². The van der Waals surface area contributed by atoms with Crippen molar-refractivity contribution in [2.24, 2.45) is 11.8 Å². The van der Waals surface area contributed by atoms with Gasteiger partial charge in [0.15, 0.2) is 6.10 Å². The van der Waals surface area contributed by atoms with Crippen LogP contribution >= 0.6 is 0 Å². The zero-order valence-electron chi connectivity index (χ0n) is 31.3. The molecule has 1 aliphatic heterocycles. The van der Waals surface area contributed by atoms with Crippen molar-refractivity contribution in [3.05, 3.63) is 47.5 Å². The number of rotatable bonds is 6. The van der Waals surface area contributed by atoms with E-state index in [9.17, 15) is 33.6 Å². The van der Waals surface area contributed by atoms with Crippen molar-refractivity contribution in [3.63, 3.8) is 0 Å². The summed E-state index contributed by atoms with van der Waals surface area (Å²) in [6, 6.07) is 4.80. The first-order valence-corrected chi connectivity index (χ1v) is 17.5. The minimum atomic E-state index is -1.21. The lowest BCUT2D eigenvalue weighted by molar-refractivity contribution is -0.154.